The Bertz CT molecular complexity index is 1260. The Labute approximate surface area is 185 Å². The number of hydrogen-bond acceptors (Lipinski definition) is 6. The molecule has 0 saturated carbocycles. The fourth-order valence-electron chi connectivity index (χ4n) is 4.32. The number of benzene rings is 3. The minimum absolute atomic E-state index is 0.307. The third kappa shape index (κ3) is 3.47. The molecule has 0 N–H and O–H groups in total. The van der Waals surface area contributed by atoms with Crippen LogP contribution in [-0.2, 0) is 6.54 Å². The van der Waals surface area contributed by atoms with Crippen LogP contribution < -0.4 is 14.4 Å². The van der Waals surface area contributed by atoms with Crippen molar-refractivity contribution in [2.24, 2.45) is 0 Å². The number of ether oxygens (including phenoxy) is 2. The summed E-state index contributed by atoms with van der Waals surface area (Å²) < 4.78 is 11.1. The molecule has 3 heterocycles. The maximum Gasteiger partial charge on any atom is 0.231 e. The van der Waals surface area contributed by atoms with E-state index >= 15 is 0 Å². The summed E-state index contributed by atoms with van der Waals surface area (Å²) in [5.41, 5.74) is 5.67. The first-order chi connectivity index (χ1) is 15.3. The third-order valence-electron chi connectivity index (χ3n) is 5.85. The van der Waals surface area contributed by atoms with Crippen LogP contribution in [0.3, 0.4) is 0 Å². The number of fused-ring (bicyclic) bond motifs is 3. The molecule has 31 heavy (non-hydrogen) atoms. The monoisotopic (exact) mass is 427 g/mol. The Kier molecular flexibility index (Phi) is 4.65. The molecule has 0 fully saturated rings. The van der Waals surface area contributed by atoms with Gasteiger partial charge in [-0.1, -0.05) is 30.3 Å². The van der Waals surface area contributed by atoms with Gasteiger partial charge >= 0.3 is 0 Å². The molecule has 154 valence electrons. The molecular weight excluding hydrogens is 406 g/mol. The molecule has 3 aromatic carbocycles. The van der Waals surface area contributed by atoms with Crippen LogP contribution in [0.2, 0.25) is 0 Å². The van der Waals surface area contributed by atoms with Crippen molar-refractivity contribution in [3.05, 3.63) is 84.2 Å². The molecule has 6 rings (SSSR count). The van der Waals surface area contributed by atoms with E-state index in [-0.39, 0.29) is 0 Å². The third-order valence-corrected chi connectivity index (χ3v) is 7.24. The topological polar surface area (TPSA) is 47.5 Å². The van der Waals surface area contributed by atoms with Crippen LogP contribution in [0.15, 0.2) is 78.0 Å². The van der Waals surface area contributed by atoms with Gasteiger partial charge in [0.25, 0.3) is 0 Å². The second kappa shape index (κ2) is 7.78. The summed E-state index contributed by atoms with van der Waals surface area (Å²) in [4.78, 5) is 12.8. The van der Waals surface area contributed by atoms with Gasteiger partial charge in [0.15, 0.2) is 11.5 Å². The van der Waals surface area contributed by atoms with Crippen LogP contribution in [-0.4, -0.2) is 23.3 Å². The summed E-state index contributed by atoms with van der Waals surface area (Å²) in [6.45, 7) is 2.07. The highest BCUT2D eigenvalue weighted by molar-refractivity contribution is 7.99. The number of anilines is 1. The summed E-state index contributed by atoms with van der Waals surface area (Å²) in [6, 6.07) is 21.3. The zero-order valence-electron chi connectivity index (χ0n) is 16.9. The van der Waals surface area contributed by atoms with Crippen molar-refractivity contribution in [2.45, 2.75) is 23.1 Å². The van der Waals surface area contributed by atoms with Crippen LogP contribution in [0.25, 0.3) is 11.0 Å². The molecule has 5 nitrogen and oxygen atoms in total. The lowest BCUT2D eigenvalue weighted by atomic mass is 10.1. The standard InChI is InChI=1S/C25H21N3O2S/c1-2-7-24-20(6-1)28(15-18-4-3-5-19-25(18)27-12-11-26-19)13-10-23(31-24)17-8-9-21-22(14-17)30-16-29-21/h1-9,11-12,14,23H,10,13,15-16H2/t23-/m1/s1. The smallest absolute Gasteiger partial charge is 0.231 e. The summed E-state index contributed by atoms with van der Waals surface area (Å²) in [5.74, 6) is 1.68. The van der Waals surface area contributed by atoms with Gasteiger partial charge in [0.05, 0.1) is 16.7 Å². The molecule has 2 aliphatic rings. The highest BCUT2D eigenvalue weighted by atomic mass is 32.2. The lowest BCUT2D eigenvalue weighted by Crippen LogP contribution is -2.24. The zero-order chi connectivity index (χ0) is 20.6. The van der Waals surface area contributed by atoms with Gasteiger partial charge in [-0.05, 0) is 47.9 Å². The van der Waals surface area contributed by atoms with Crippen molar-refractivity contribution in [1.82, 2.24) is 9.97 Å². The van der Waals surface area contributed by atoms with Gasteiger partial charge in [0.2, 0.25) is 6.79 Å². The summed E-state index contributed by atoms with van der Waals surface area (Å²) in [7, 11) is 0. The quantitative estimate of drug-likeness (QED) is 0.424. The minimum atomic E-state index is 0.307. The largest absolute Gasteiger partial charge is 0.454 e. The van der Waals surface area contributed by atoms with E-state index in [2.05, 4.69) is 63.4 Å². The van der Waals surface area contributed by atoms with E-state index in [1.165, 1.54) is 21.7 Å². The van der Waals surface area contributed by atoms with E-state index in [9.17, 15) is 0 Å². The molecule has 0 saturated heterocycles. The molecule has 1 aromatic heterocycles. The van der Waals surface area contributed by atoms with Gasteiger partial charge in [-0.2, -0.15) is 0 Å². The van der Waals surface area contributed by atoms with Crippen molar-refractivity contribution >= 4 is 28.5 Å². The Morgan fingerprint density at radius 3 is 2.84 bits per heavy atom. The van der Waals surface area contributed by atoms with E-state index in [0.717, 1.165) is 42.0 Å². The lowest BCUT2D eigenvalue weighted by Gasteiger charge is -2.25. The van der Waals surface area contributed by atoms with E-state index in [1.54, 1.807) is 12.4 Å². The lowest BCUT2D eigenvalue weighted by molar-refractivity contribution is 0.174. The number of para-hydroxylation sites is 2. The average Bonchev–Trinajstić information content (AvgIpc) is 3.21. The summed E-state index contributed by atoms with van der Waals surface area (Å²) >= 11 is 1.93. The number of rotatable bonds is 3. The van der Waals surface area contributed by atoms with Gasteiger partial charge < -0.3 is 14.4 Å². The first-order valence-electron chi connectivity index (χ1n) is 10.4. The van der Waals surface area contributed by atoms with Crippen molar-refractivity contribution in [3.8, 4) is 11.5 Å². The minimum Gasteiger partial charge on any atom is -0.454 e. The second-order valence-electron chi connectivity index (χ2n) is 7.74. The van der Waals surface area contributed by atoms with Crippen molar-refractivity contribution < 1.29 is 9.47 Å². The van der Waals surface area contributed by atoms with Crippen molar-refractivity contribution in [1.29, 1.82) is 0 Å². The van der Waals surface area contributed by atoms with E-state index < -0.39 is 0 Å². The Morgan fingerprint density at radius 1 is 0.935 bits per heavy atom. The van der Waals surface area contributed by atoms with Crippen molar-refractivity contribution in [2.75, 3.05) is 18.2 Å². The molecule has 0 bridgehead atoms. The van der Waals surface area contributed by atoms with Gasteiger partial charge in [0.1, 0.15) is 0 Å². The maximum atomic E-state index is 5.62. The van der Waals surface area contributed by atoms with E-state index in [1.807, 2.05) is 23.9 Å². The molecule has 0 unspecified atom stereocenters. The van der Waals surface area contributed by atoms with Gasteiger partial charge in [-0.3, -0.25) is 9.97 Å². The van der Waals surface area contributed by atoms with Crippen LogP contribution >= 0.6 is 11.8 Å². The summed E-state index contributed by atoms with van der Waals surface area (Å²) in [5, 5.41) is 0.355. The number of hydrogen-bond donors (Lipinski definition) is 0. The molecular formula is C25H21N3O2S. The van der Waals surface area contributed by atoms with Crippen LogP contribution in [0, 0.1) is 0 Å². The molecule has 0 aliphatic carbocycles. The molecule has 4 aromatic rings. The molecule has 0 spiro atoms. The van der Waals surface area contributed by atoms with Crippen LogP contribution in [0.5, 0.6) is 11.5 Å². The molecule has 1 atom stereocenters. The first kappa shape index (κ1) is 18.5. The predicted molar refractivity (Wildman–Crippen MR) is 123 cm³/mol. The normalized spacial score (nSPS) is 17.4. The highest BCUT2D eigenvalue weighted by Gasteiger charge is 2.25. The Hall–Kier alpha value is -3.25. The van der Waals surface area contributed by atoms with E-state index in [0.29, 0.717) is 12.0 Å². The Morgan fingerprint density at radius 2 is 1.84 bits per heavy atom. The Balaban J connectivity index is 1.33. The van der Waals surface area contributed by atoms with Gasteiger partial charge in [-0.15, -0.1) is 11.8 Å². The molecule has 6 heteroatoms. The average molecular weight is 428 g/mol. The van der Waals surface area contributed by atoms with Gasteiger partial charge in [0, 0.05) is 35.6 Å². The van der Waals surface area contributed by atoms with Gasteiger partial charge in [-0.25, -0.2) is 0 Å². The van der Waals surface area contributed by atoms with Crippen LogP contribution in [0.1, 0.15) is 22.8 Å². The fraction of sp³-hybridized carbons (Fsp3) is 0.200. The first-order valence-corrected chi connectivity index (χ1v) is 11.3. The van der Waals surface area contributed by atoms with Crippen LogP contribution in [0.4, 0.5) is 5.69 Å². The predicted octanol–water partition coefficient (Wildman–Crippen LogP) is 5.60. The fourth-order valence-corrected chi connectivity index (χ4v) is 5.61. The van der Waals surface area contributed by atoms with Crippen molar-refractivity contribution in [3.63, 3.8) is 0 Å². The number of thioether (sulfide) groups is 1. The zero-order valence-corrected chi connectivity index (χ0v) is 17.7. The summed E-state index contributed by atoms with van der Waals surface area (Å²) in [6.07, 6.45) is 4.56. The molecule has 0 amide bonds. The number of aromatic nitrogens is 2. The van der Waals surface area contributed by atoms with E-state index in [4.69, 9.17) is 9.47 Å². The molecule has 2 aliphatic heterocycles. The molecule has 0 radical (unpaired) electrons. The SMILES string of the molecule is c1ccc2c(c1)S[C@@H](c1ccc3c(c1)OCO3)CCN2Cc1cccc2nccnc12. The highest BCUT2D eigenvalue weighted by Crippen LogP contribution is 2.47. The maximum absolute atomic E-state index is 5.62. The second-order valence-corrected chi connectivity index (χ2v) is 8.98. The number of nitrogens with zero attached hydrogens (tertiary/aromatic N) is 3.